The first-order chi connectivity index (χ1) is 9.19. The molecule has 0 saturated carbocycles. The molecule has 0 radical (unpaired) electrons. The van der Waals surface area contributed by atoms with Crippen molar-refractivity contribution in [3.8, 4) is 0 Å². The number of hydrogen-bond donors (Lipinski definition) is 1. The Hall–Kier alpha value is -1.34. The minimum Gasteiger partial charge on any atom is -0.380 e. The number of benzene rings is 1. The van der Waals surface area contributed by atoms with Crippen LogP contribution in [0.3, 0.4) is 0 Å². The molecule has 0 aromatic heterocycles. The molecule has 19 heavy (non-hydrogen) atoms. The normalized spacial score (nSPS) is 16.2. The maximum Gasteiger partial charge on any atom is 0.114 e. The largest absolute Gasteiger partial charge is 0.380 e. The predicted molar refractivity (Wildman–Crippen MR) is 83.0 cm³/mol. The summed E-state index contributed by atoms with van der Waals surface area (Å²) in [5, 5.41) is 11.1. The smallest absolute Gasteiger partial charge is 0.114 e. The summed E-state index contributed by atoms with van der Waals surface area (Å²) in [6.07, 6.45) is 10.2. The lowest BCUT2D eigenvalue weighted by Gasteiger charge is -2.32. The van der Waals surface area contributed by atoms with Gasteiger partial charge in [-0.1, -0.05) is 74.7 Å². The van der Waals surface area contributed by atoms with E-state index in [1.54, 1.807) is 0 Å². The van der Waals surface area contributed by atoms with Crippen LogP contribution in [0, 0.1) is 5.92 Å². The summed E-state index contributed by atoms with van der Waals surface area (Å²) in [5.41, 5.74) is 0.000364. The highest BCUT2D eigenvalue weighted by atomic mass is 16.3. The van der Waals surface area contributed by atoms with E-state index in [0.717, 1.165) is 18.4 Å². The topological polar surface area (TPSA) is 20.2 Å². The molecular formula is C18H26O. The first kappa shape index (κ1) is 15.7. The van der Waals surface area contributed by atoms with Crippen LogP contribution >= 0.6 is 0 Å². The van der Waals surface area contributed by atoms with E-state index in [0.29, 0.717) is 0 Å². The van der Waals surface area contributed by atoms with Crippen LogP contribution in [0.5, 0.6) is 0 Å². The van der Waals surface area contributed by atoms with Gasteiger partial charge in [0.2, 0.25) is 0 Å². The van der Waals surface area contributed by atoms with Crippen molar-refractivity contribution in [3.05, 3.63) is 60.7 Å². The van der Waals surface area contributed by atoms with Crippen molar-refractivity contribution in [2.45, 2.75) is 45.1 Å². The van der Waals surface area contributed by atoms with Crippen molar-refractivity contribution in [1.82, 2.24) is 0 Å². The van der Waals surface area contributed by atoms with Gasteiger partial charge in [0.05, 0.1) is 0 Å². The molecule has 2 atom stereocenters. The molecule has 104 valence electrons. The van der Waals surface area contributed by atoms with Crippen LogP contribution < -0.4 is 0 Å². The van der Waals surface area contributed by atoms with Crippen LogP contribution in [0.15, 0.2) is 55.1 Å². The molecule has 1 rings (SSSR count). The molecule has 1 nitrogen and oxygen atoms in total. The van der Waals surface area contributed by atoms with Crippen molar-refractivity contribution in [1.29, 1.82) is 0 Å². The molecule has 0 unspecified atom stereocenters. The second-order valence-electron chi connectivity index (χ2n) is 5.03. The quantitative estimate of drug-likeness (QED) is 0.523. The van der Waals surface area contributed by atoms with Crippen LogP contribution in [0.2, 0.25) is 0 Å². The second kappa shape index (κ2) is 7.96. The van der Waals surface area contributed by atoms with Gasteiger partial charge < -0.3 is 5.11 Å². The third kappa shape index (κ3) is 4.07. The van der Waals surface area contributed by atoms with Gasteiger partial charge in [0, 0.05) is 5.92 Å². The highest BCUT2D eigenvalue weighted by molar-refractivity contribution is 5.29. The van der Waals surface area contributed by atoms with Gasteiger partial charge in [-0.2, -0.15) is 0 Å². The zero-order valence-electron chi connectivity index (χ0n) is 12.2. The molecule has 0 amide bonds. The first-order valence-electron chi connectivity index (χ1n) is 7.23. The van der Waals surface area contributed by atoms with Crippen LogP contribution in [0.1, 0.15) is 45.1 Å². The van der Waals surface area contributed by atoms with Gasteiger partial charge in [0.1, 0.15) is 5.60 Å². The van der Waals surface area contributed by atoms with E-state index in [1.807, 2.05) is 55.5 Å². The molecule has 1 aromatic rings. The summed E-state index contributed by atoms with van der Waals surface area (Å²) >= 11 is 0. The molecule has 0 aliphatic rings. The van der Waals surface area contributed by atoms with E-state index < -0.39 is 5.60 Å². The fourth-order valence-electron chi connectivity index (χ4n) is 2.52. The van der Waals surface area contributed by atoms with Gasteiger partial charge >= 0.3 is 0 Å². The van der Waals surface area contributed by atoms with E-state index in [-0.39, 0.29) is 5.92 Å². The Balaban J connectivity index is 2.99. The lowest BCUT2D eigenvalue weighted by molar-refractivity contribution is 0.0399. The number of unbranched alkanes of at least 4 members (excludes halogenated alkanes) is 2. The monoisotopic (exact) mass is 258 g/mol. The van der Waals surface area contributed by atoms with Crippen LogP contribution in [0.25, 0.3) is 0 Å². The summed E-state index contributed by atoms with van der Waals surface area (Å²) in [4.78, 5) is 0. The molecule has 0 spiro atoms. The molecule has 0 bridgehead atoms. The minimum atomic E-state index is -0.939. The standard InChI is InChI=1S/C18H26O/c1-4-7-9-12-16(6-3)18(19,15-5-2)17-13-10-8-11-14-17/h5-6,8,10-11,13-16,19H,3-4,7,9,12H2,1-2H3/b15-5+/t16-,18-/m0/s1. The van der Waals surface area contributed by atoms with Crippen molar-refractivity contribution in [2.75, 3.05) is 0 Å². The van der Waals surface area contributed by atoms with E-state index in [2.05, 4.69) is 13.5 Å². The highest BCUT2D eigenvalue weighted by Crippen LogP contribution is 2.35. The molecular weight excluding hydrogens is 232 g/mol. The van der Waals surface area contributed by atoms with Gasteiger partial charge in [-0.15, -0.1) is 6.58 Å². The summed E-state index contributed by atoms with van der Waals surface area (Å²) in [5.74, 6) is 0.0534. The van der Waals surface area contributed by atoms with E-state index in [9.17, 15) is 5.11 Å². The maximum absolute atomic E-state index is 11.1. The zero-order valence-corrected chi connectivity index (χ0v) is 12.2. The predicted octanol–water partition coefficient (Wildman–Crippen LogP) is 4.83. The lowest BCUT2D eigenvalue weighted by atomic mass is 9.78. The van der Waals surface area contributed by atoms with Crippen LogP contribution in [-0.2, 0) is 5.60 Å². The van der Waals surface area contributed by atoms with Gasteiger partial charge in [-0.3, -0.25) is 0 Å². The van der Waals surface area contributed by atoms with Gasteiger partial charge in [-0.25, -0.2) is 0 Å². The molecule has 0 aliphatic carbocycles. The Morgan fingerprint density at radius 2 is 1.95 bits per heavy atom. The molecule has 0 fully saturated rings. The molecule has 0 saturated heterocycles. The van der Waals surface area contributed by atoms with E-state index in [1.165, 1.54) is 12.8 Å². The third-order valence-corrected chi connectivity index (χ3v) is 3.63. The summed E-state index contributed by atoms with van der Waals surface area (Å²) in [6.45, 7) is 8.06. The fraction of sp³-hybridized carbons (Fsp3) is 0.444. The van der Waals surface area contributed by atoms with Crippen molar-refractivity contribution < 1.29 is 5.11 Å². The van der Waals surface area contributed by atoms with Gasteiger partial charge in [0.15, 0.2) is 0 Å². The second-order valence-corrected chi connectivity index (χ2v) is 5.03. The minimum absolute atomic E-state index is 0.0534. The van der Waals surface area contributed by atoms with E-state index in [4.69, 9.17) is 0 Å². The number of rotatable bonds is 8. The third-order valence-electron chi connectivity index (χ3n) is 3.63. The van der Waals surface area contributed by atoms with Gasteiger partial charge in [0.25, 0.3) is 0 Å². The Kier molecular flexibility index (Phi) is 6.58. The van der Waals surface area contributed by atoms with Crippen LogP contribution in [0.4, 0.5) is 0 Å². The zero-order chi connectivity index (χ0) is 14.1. The Morgan fingerprint density at radius 3 is 2.47 bits per heavy atom. The Labute approximate surface area is 117 Å². The van der Waals surface area contributed by atoms with Crippen molar-refractivity contribution in [2.24, 2.45) is 5.92 Å². The van der Waals surface area contributed by atoms with Crippen molar-refractivity contribution >= 4 is 0 Å². The molecule has 1 N–H and O–H groups in total. The number of allylic oxidation sites excluding steroid dienone is 1. The van der Waals surface area contributed by atoms with E-state index >= 15 is 0 Å². The summed E-state index contributed by atoms with van der Waals surface area (Å²) in [7, 11) is 0. The first-order valence-corrected chi connectivity index (χ1v) is 7.23. The average molecular weight is 258 g/mol. The SMILES string of the molecule is C=C[C@@H](CCCCC)[C@@](O)(/C=C/C)c1ccccc1. The summed E-state index contributed by atoms with van der Waals surface area (Å²) in [6, 6.07) is 9.87. The lowest BCUT2D eigenvalue weighted by Crippen LogP contribution is -2.32. The Morgan fingerprint density at radius 1 is 1.26 bits per heavy atom. The molecule has 1 heteroatoms. The number of aliphatic hydroxyl groups is 1. The molecule has 1 aromatic carbocycles. The van der Waals surface area contributed by atoms with Crippen molar-refractivity contribution in [3.63, 3.8) is 0 Å². The number of hydrogen-bond acceptors (Lipinski definition) is 1. The average Bonchev–Trinajstić information content (AvgIpc) is 2.45. The molecule has 0 heterocycles. The maximum atomic E-state index is 11.1. The molecule has 0 aliphatic heterocycles. The Bertz CT molecular complexity index is 393. The fourth-order valence-corrected chi connectivity index (χ4v) is 2.52. The summed E-state index contributed by atoms with van der Waals surface area (Å²) < 4.78 is 0. The van der Waals surface area contributed by atoms with Crippen LogP contribution in [-0.4, -0.2) is 5.11 Å². The highest BCUT2D eigenvalue weighted by Gasteiger charge is 2.33. The van der Waals surface area contributed by atoms with Gasteiger partial charge in [-0.05, 0) is 18.9 Å².